The first-order valence-electron chi connectivity index (χ1n) is 13.0. The zero-order chi connectivity index (χ0) is 26.8. The zero-order valence-electron chi connectivity index (χ0n) is 22.4. The molecule has 0 unspecified atom stereocenters. The van der Waals surface area contributed by atoms with Crippen LogP contribution in [0.1, 0.15) is 12.8 Å². The average molecular weight is 634 g/mol. The predicted octanol–water partition coefficient (Wildman–Crippen LogP) is 7.14. The number of rotatable bonds is 8. The summed E-state index contributed by atoms with van der Waals surface area (Å²) in [6.45, 7) is 3.09. The van der Waals surface area contributed by atoms with Gasteiger partial charge in [-0.3, -0.25) is 4.79 Å². The van der Waals surface area contributed by atoms with Crippen LogP contribution in [0, 0.1) is 5.92 Å². The Morgan fingerprint density at radius 3 is 2.73 bits per heavy atom. The molecule has 0 bridgehead atoms. The average Bonchev–Trinajstić information content (AvgIpc) is 3.58. The Morgan fingerprint density at radius 2 is 1.93 bits per heavy atom. The fraction of sp³-hybridized carbons (Fsp3) is 0.276. The molecular weight excluding hydrogens is 603 g/mol. The summed E-state index contributed by atoms with van der Waals surface area (Å²) in [5.41, 5.74) is 2.47. The molecule has 1 aliphatic rings. The first-order valence-corrected chi connectivity index (χ1v) is 14.3. The van der Waals surface area contributed by atoms with Crippen LogP contribution < -0.4 is 15.4 Å². The van der Waals surface area contributed by atoms with Gasteiger partial charge in [-0.1, -0.05) is 11.6 Å². The lowest BCUT2D eigenvalue weighted by Gasteiger charge is -2.28. The molecule has 1 saturated heterocycles. The van der Waals surface area contributed by atoms with E-state index in [0.717, 1.165) is 48.4 Å². The van der Waals surface area contributed by atoms with Gasteiger partial charge >= 0.3 is 0 Å². The topological polar surface area (TPSA) is 84.3 Å². The van der Waals surface area contributed by atoms with E-state index in [9.17, 15) is 4.79 Å². The molecule has 5 aromatic rings. The Bertz CT molecular complexity index is 1630. The Kier molecular flexibility index (Phi) is 10.3. The van der Waals surface area contributed by atoms with E-state index in [4.69, 9.17) is 16.3 Å². The van der Waals surface area contributed by atoms with Gasteiger partial charge in [0.15, 0.2) is 5.82 Å². The van der Waals surface area contributed by atoms with Crippen LogP contribution in [0.3, 0.4) is 0 Å². The van der Waals surface area contributed by atoms with Gasteiger partial charge in [0.1, 0.15) is 23.3 Å². The van der Waals surface area contributed by atoms with E-state index in [1.54, 1.807) is 11.3 Å². The van der Waals surface area contributed by atoms with E-state index in [-0.39, 0.29) is 36.6 Å². The molecule has 1 fully saturated rings. The van der Waals surface area contributed by atoms with Crippen LogP contribution in [-0.2, 0) is 11.3 Å². The minimum absolute atomic E-state index is 0. The minimum Gasteiger partial charge on any atom is -0.456 e. The summed E-state index contributed by atoms with van der Waals surface area (Å²) in [5.74, 6) is 2.22. The molecule has 0 saturated carbocycles. The summed E-state index contributed by atoms with van der Waals surface area (Å²) in [6.07, 6.45) is 5.33. The largest absolute Gasteiger partial charge is 0.456 e. The number of halogens is 3. The number of nitrogens with zero attached hydrogens (tertiary/aromatic N) is 4. The zero-order valence-corrected chi connectivity index (χ0v) is 25.6. The van der Waals surface area contributed by atoms with E-state index < -0.39 is 0 Å². The molecule has 2 N–H and O–H groups in total. The number of amides is 1. The maximum absolute atomic E-state index is 12.6. The lowest BCUT2D eigenvalue weighted by Crippen LogP contribution is -2.39. The molecule has 0 aliphatic carbocycles. The van der Waals surface area contributed by atoms with Crippen molar-refractivity contribution >= 4 is 86.3 Å². The van der Waals surface area contributed by atoms with Crippen LogP contribution in [0.15, 0.2) is 66.4 Å². The number of carbonyl (C=O) groups excluding carboxylic acids is 1. The normalized spacial score (nSPS) is 13.9. The van der Waals surface area contributed by atoms with Crippen molar-refractivity contribution < 1.29 is 9.53 Å². The van der Waals surface area contributed by atoms with Gasteiger partial charge in [0.2, 0.25) is 5.91 Å². The molecule has 1 amide bonds. The van der Waals surface area contributed by atoms with Gasteiger partial charge < -0.3 is 24.8 Å². The quantitative estimate of drug-likeness (QED) is 0.189. The summed E-state index contributed by atoms with van der Waals surface area (Å²) >= 11 is 8.27. The number of hydrogen-bond acceptors (Lipinski definition) is 7. The first-order chi connectivity index (χ1) is 19.0. The molecule has 12 heteroatoms. The highest BCUT2D eigenvalue weighted by molar-refractivity contribution is 7.17. The maximum atomic E-state index is 12.6. The smallest absolute Gasteiger partial charge is 0.223 e. The van der Waals surface area contributed by atoms with E-state index in [0.29, 0.717) is 29.7 Å². The summed E-state index contributed by atoms with van der Waals surface area (Å²) < 4.78 is 9.29. The Labute approximate surface area is 259 Å². The number of hydrogen-bond donors (Lipinski definition) is 2. The van der Waals surface area contributed by atoms with Gasteiger partial charge in [-0.2, -0.15) is 0 Å². The van der Waals surface area contributed by atoms with Crippen molar-refractivity contribution in [2.24, 2.45) is 5.92 Å². The van der Waals surface area contributed by atoms with Gasteiger partial charge in [-0.05, 0) is 92.3 Å². The third-order valence-electron chi connectivity index (χ3n) is 7.14. The molecule has 2 aromatic carbocycles. The van der Waals surface area contributed by atoms with Crippen molar-refractivity contribution in [1.82, 2.24) is 24.8 Å². The van der Waals surface area contributed by atoms with Gasteiger partial charge in [-0.25, -0.2) is 9.97 Å². The van der Waals surface area contributed by atoms with Gasteiger partial charge in [-0.15, -0.1) is 36.2 Å². The lowest BCUT2D eigenvalue weighted by molar-refractivity contribution is -0.126. The van der Waals surface area contributed by atoms with Gasteiger partial charge in [0.25, 0.3) is 0 Å². The summed E-state index contributed by atoms with van der Waals surface area (Å²) in [5, 5.41) is 10.2. The third-order valence-corrected chi connectivity index (χ3v) is 8.32. The summed E-state index contributed by atoms with van der Waals surface area (Å²) in [7, 11) is 2.10. The fourth-order valence-electron chi connectivity index (χ4n) is 4.95. The molecular formula is C29H31Cl3N6O2S. The number of likely N-dealkylation sites (tertiary alicyclic amines) is 1. The van der Waals surface area contributed by atoms with Gasteiger partial charge in [0, 0.05) is 35.6 Å². The van der Waals surface area contributed by atoms with Crippen molar-refractivity contribution in [2.75, 3.05) is 32.0 Å². The Morgan fingerprint density at radius 1 is 1.10 bits per heavy atom. The Hall–Kier alpha value is -3.08. The van der Waals surface area contributed by atoms with E-state index in [1.807, 2.05) is 48.7 Å². The van der Waals surface area contributed by atoms with Crippen LogP contribution in [0.5, 0.6) is 11.5 Å². The molecule has 0 atom stereocenters. The monoisotopic (exact) mass is 632 g/mol. The molecule has 3 aromatic heterocycles. The van der Waals surface area contributed by atoms with Crippen LogP contribution in [0.2, 0.25) is 5.02 Å². The van der Waals surface area contributed by atoms with E-state index >= 15 is 0 Å². The van der Waals surface area contributed by atoms with Crippen LogP contribution in [0.4, 0.5) is 11.5 Å². The number of ether oxygens (including phenoxy) is 1. The number of aromatic nitrogens is 3. The molecule has 6 rings (SSSR count). The number of thiophene rings is 1. The number of benzene rings is 2. The highest BCUT2D eigenvalue weighted by Crippen LogP contribution is 2.35. The molecule has 216 valence electrons. The van der Waals surface area contributed by atoms with Crippen molar-refractivity contribution in [2.45, 2.75) is 19.4 Å². The second kappa shape index (κ2) is 13.7. The maximum Gasteiger partial charge on any atom is 0.223 e. The predicted molar refractivity (Wildman–Crippen MR) is 172 cm³/mol. The van der Waals surface area contributed by atoms with Crippen molar-refractivity contribution in [3.63, 3.8) is 0 Å². The van der Waals surface area contributed by atoms with E-state index in [2.05, 4.69) is 48.6 Å². The van der Waals surface area contributed by atoms with Crippen molar-refractivity contribution in [3.8, 4) is 11.5 Å². The number of fused-ring (bicyclic) bond motifs is 2. The molecule has 1 aliphatic heterocycles. The SMILES string of the molecule is CN1CCC(C(=O)NCCn2ccc3ncnc(Nc4ccc(Oc5ccc6ccsc6c5)c(Cl)c4)c32)CC1.Cl.Cl. The molecule has 41 heavy (non-hydrogen) atoms. The van der Waals surface area contributed by atoms with Crippen LogP contribution in [-0.4, -0.2) is 52.0 Å². The Balaban J connectivity index is 0.00000194. The minimum atomic E-state index is 0. The molecule has 0 radical (unpaired) electrons. The first kappa shape index (κ1) is 30.9. The molecule has 4 heterocycles. The number of anilines is 2. The van der Waals surface area contributed by atoms with Crippen LogP contribution >= 0.6 is 47.8 Å². The van der Waals surface area contributed by atoms with Gasteiger partial charge in [0.05, 0.1) is 10.5 Å². The lowest BCUT2D eigenvalue weighted by atomic mass is 9.96. The summed E-state index contributed by atoms with van der Waals surface area (Å²) in [6, 6.07) is 15.6. The second-order valence-corrected chi connectivity index (χ2v) is 11.2. The fourth-order valence-corrected chi connectivity index (χ4v) is 5.99. The molecule has 8 nitrogen and oxygen atoms in total. The van der Waals surface area contributed by atoms with Crippen molar-refractivity contribution in [1.29, 1.82) is 0 Å². The van der Waals surface area contributed by atoms with Crippen LogP contribution in [0.25, 0.3) is 21.1 Å². The summed E-state index contributed by atoms with van der Waals surface area (Å²) in [4.78, 5) is 23.8. The number of piperidine rings is 1. The molecule has 0 spiro atoms. The second-order valence-electron chi connectivity index (χ2n) is 9.83. The standard InChI is InChI=1S/C29H29ClN6O2S.2ClH/c1-35-11-6-20(7-12-35)29(37)31-10-14-36-13-8-24-27(36)28(33-18-32-24)34-21-3-5-25(23(30)16-21)38-22-4-2-19-9-15-39-26(19)17-22;;/h2-5,8-9,13,15-18,20H,6-7,10-12,14H2,1H3,(H,31,37)(H,32,33,34);2*1H. The number of nitrogens with one attached hydrogen (secondary N) is 2. The highest BCUT2D eigenvalue weighted by atomic mass is 35.5. The third kappa shape index (κ3) is 7.05. The number of carbonyl (C=O) groups is 1. The van der Waals surface area contributed by atoms with Crippen molar-refractivity contribution in [3.05, 3.63) is 71.5 Å². The van der Waals surface area contributed by atoms with E-state index in [1.165, 1.54) is 16.4 Å². The highest BCUT2D eigenvalue weighted by Gasteiger charge is 2.23.